The van der Waals surface area contributed by atoms with E-state index in [1.807, 2.05) is 0 Å². The zero-order valence-corrected chi connectivity index (χ0v) is 11.2. The average Bonchev–Trinajstić information content (AvgIpc) is 2.69. The van der Waals surface area contributed by atoms with E-state index >= 15 is 0 Å². The molecule has 0 radical (unpaired) electrons. The van der Waals surface area contributed by atoms with E-state index in [1.165, 1.54) is 6.07 Å². The predicted molar refractivity (Wildman–Crippen MR) is 68.1 cm³/mol. The summed E-state index contributed by atoms with van der Waals surface area (Å²) in [6.45, 7) is 2.87. The van der Waals surface area contributed by atoms with Gasteiger partial charge in [0.1, 0.15) is 5.60 Å². The number of halogens is 3. The molecule has 0 aliphatic carbocycles. The molecule has 1 aromatic rings. The number of benzene rings is 1. The molecule has 0 bridgehead atoms. The van der Waals surface area contributed by atoms with Gasteiger partial charge in [0.2, 0.25) is 0 Å². The van der Waals surface area contributed by atoms with Crippen molar-refractivity contribution in [1.82, 2.24) is 5.32 Å². The van der Waals surface area contributed by atoms with Crippen LogP contribution in [0.4, 0.5) is 13.2 Å². The molecule has 3 nitrogen and oxygen atoms in total. The summed E-state index contributed by atoms with van der Waals surface area (Å²) >= 11 is 0. The number of hydrogen-bond donors (Lipinski definition) is 2. The van der Waals surface area contributed by atoms with Gasteiger partial charge >= 0.3 is 6.18 Å². The molecule has 0 spiro atoms. The molecule has 6 heteroatoms. The van der Waals surface area contributed by atoms with Crippen LogP contribution in [0.5, 0.6) is 0 Å². The summed E-state index contributed by atoms with van der Waals surface area (Å²) in [6.07, 6.45) is -4.07. The molecule has 0 aromatic heterocycles. The van der Waals surface area contributed by atoms with Crippen LogP contribution in [0.2, 0.25) is 0 Å². The van der Waals surface area contributed by atoms with Crippen molar-refractivity contribution in [2.45, 2.75) is 37.8 Å². The molecule has 1 fully saturated rings. The summed E-state index contributed by atoms with van der Waals surface area (Å²) in [5, 5.41) is 13.2. The van der Waals surface area contributed by atoms with Crippen molar-refractivity contribution in [3.05, 3.63) is 35.4 Å². The van der Waals surface area contributed by atoms with Crippen LogP contribution in [0.15, 0.2) is 24.3 Å². The molecule has 2 rings (SSSR count). The predicted octanol–water partition coefficient (Wildman–Crippen LogP) is 2.33. The van der Waals surface area contributed by atoms with Gasteiger partial charge in [-0.3, -0.25) is 0 Å². The molecule has 0 saturated carbocycles. The first kappa shape index (κ1) is 15.3. The minimum absolute atomic E-state index is 0.267. The second-order valence-corrected chi connectivity index (χ2v) is 5.17. The Morgan fingerprint density at radius 3 is 2.80 bits per heavy atom. The summed E-state index contributed by atoms with van der Waals surface area (Å²) in [5.41, 5.74) is -1.06. The normalized spacial score (nSPS) is 26.9. The van der Waals surface area contributed by atoms with Crippen LogP contribution in [-0.4, -0.2) is 30.0 Å². The Morgan fingerprint density at radius 1 is 1.45 bits per heavy atom. The first-order valence-electron chi connectivity index (χ1n) is 6.52. The van der Waals surface area contributed by atoms with Crippen LogP contribution in [0.25, 0.3) is 0 Å². The first-order valence-corrected chi connectivity index (χ1v) is 6.52. The van der Waals surface area contributed by atoms with Gasteiger partial charge in [0.15, 0.2) is 0 Å². The summed E-state index contributed by atoms with van der Waals surface area (Å²) in [5.74, 6) is 0. The Morgan fingerprint density at radius 2 is 2.20 bits per heavy atom. The van der Waals surface area contributed by atoms with Gasteiger partial charge in [0.25, 0.3) is 0 Å². The van der Waals surface area contributed by atoms with Gasteiger partial charge in [-0.05, 0) is 18.6 Å². The molecule has 2 atom stereocenters. The van der Waals surface area contributed by atoms with Gasteiger partial charge in [-0.25, -0.2) is 0 Å². The molecular weight excluding hydrogens is 271 g/mol. The van der Waals surface area contributed by atoms with Crippen LogP contribution < -0.4 is 5.32 Å². The molecular formula is C14H18F3NO2. The van der Waals surface area contributed by atoms with E-state index in [4.69, 9.17) is 4.74 Å². The fourth-order valence-corrected chi connectivity index (χ4v) is 2.28. The third-order valence-corrected chi connectivity index (χ3v) is 3.67. The highest BCUT2D eigenvalue weighted by Crippen LogP contribution is 2.29. The molecule has 1 heterocycles. The zero-order valence-electron chi connectivity index (χ0n) is 11.2. The maximum absolute atomic E-state index is 12.6. The van der Waals surface area contributed by atoms with Crippen molar-refractivity contribution < 1.29 is 23.0 Å². The Balaban J connectivity index is 1.91. The SMILES string of the molecule is CC1OCCC1(O)CNCc1cccc(C(F)(F)F)c1. The molecule has 2 unspecified atom stereocenters. The largest absolute Gasteiger partial charge is 0.416 e. The van der Waals surface area contributed by atoms with E-state index in [-0.39, 0.29) is 12.6 Å². The Labute approximate surface area is 115 Å². The highest BCUT2D eigenvalue weighted by molar-refractivity contribution is 5.25. The molecule has 1 aromatic carbocycles. The summed E-state index contributed by atoms with van der Waals surface area (Å²) in [7, 11) is 0. The lowest BCUT2D eigenvalue weighted by Gasteiger charge is -2.26. The van der Waals surface area contributed by atoms with Crippen molar-refractivity contribution in [3.63, 3.8) is 0 Å². The van der Waals surface area contributed by atoms with Crippen LogP contribution in [0, 0.1) is 0 Å². The minimum atomic E-state index is -4.33. The van der Waals surface area contributed by atoms with Gasteiger partial charge in [0, 0.05) is 26.1 Å². The van der Waals surface area contributed by atoms with Crippen LogP contribution >= 0.6 is 0 Å². The van der Waals surface area contributed by atoms with Crippen molar-refractivity contribution in [2.24, 2.45) is 0 Å². The third-order valence-electron chi connectivity index (χ3n) is 3.67. The molecule has 0 amide bonds. The van der Waals surface area contributed by atoms with E-state index in [9.17, 15) is 18.3 Å². The summed E-state index contributed by atoms with van der Waals surface area (Å²) in [6, 6.07) is 5.17. The van der Waals surface area contributed by atoms with Gasteiger partial charge in [-0.1, -0.05) is 18.2 Å². The van der Waals surface area contributed by atoms with Gasteiger partial charge < -0.3 is 15.2 Å². The number of hydrogen-bond acceptors (Lipinski definition) is 3. The zero-order chi connectivity index (χ0) is 14.8. The molecule has 1 aliphatic rings. The number of rotatable bonds is 4. The highest BCUT2D eigenvalue weighted by atomic mass is 19.4. The van der Waals surface area contributed by atoms with Crippen molar-refractivity contribution in [2.75, 3.05) is 13.2 Å². The summed E-state index contributed by atoms with van der Waals surface area (Å²) in [4.78, 5) is 0. The number of aliphatic hydroxyl groups is 1. The highest BCUT2D eigenvalue weighted by Gasteiger charge is 2.39. The number of nitrogens with one attached hydrogen (secondary N) is 1. The minimum Gasteiger partial charge on any atom is -0.386 e. The fourth-order valence-electron chi connectivity index (χ4n) is 2.28. The smallest absolute Gasteiger partial charge is 0.386 e. The number of ether oxygens (including phenoxy) is 1. The molecule has 112 valence electrons. The van der Waals surface area contributed by atoms with Crippen molar-refractivity contribution >= 4 is 0 Å². The van der Waals surface area contributed by atoms with E-state index in [2.05, 4.69) is 5.32 Å². The molecule has 2 N–H and O–H groups in total. The second-order valence-electron chi connectivity index (χ2n) is 5.17. The van der Waals surface area contributed by atoms with Crippen molar-refractivity contribution in [1.29, 1.82) is 0 Å². The molecule has 20 heavy (non-hydrogen) atoms. The van der Waals surface area contributed by atoms with Crippen molar-refractivity contribution in [3.8, 4) is 0 Å². The summed E-state index contributed by atoms with van der Waals surface area (Å²) < 4.78 is 43.0. The Hall–Kier alpha value is -1.11. The Kier molecular flexibility index (Phi) is 4.36. The maximum atomic E-state index is 12.6. The Bertz CT molecular complexity index is 464. The van der Waals surface area contributed by atoms with Gasteiger partial charge in [-0.15, -0.1) is 0 Å². The van der Waals surface area contributed by atoms with E-state index in [1.54, 1.807) is 13.0 Å². The lowest BCUT2D eigenvalue weighted by atomic mass is 9.96. The second kappa shape index (κ2) is 5.71. The van der Waals surface area contributed by atoms with Gasteiger partial charge in [-0.2, -0.15) is 13.2 Å². The van der Waals surface area contributed by atoms with E-state index < -0.39 is 17.3 Å². The lowest BCUT2D eigenvalue weighted by Crippen LogP contribution is -2.45. The van der Waals surface area contributed by atoms with Gasteiger partial charge in [0.05, 0.1) is 11.7 Å². The third kappa shape index (κ3) is 3.50. The average molecular weight is 289 g/mol. The van der Waals surface area contributed by atoms with Crippen LogP contribution in [-0.2, 0) is 17.5 Å². The fraction of sp³-hybridized carbons (Fsp3) is 0.571. The standard InChI is InChI=1S/C14H18F3NO2/c1-10-13(19,5-6-20-10)9-18-8-11-3-2-4-12(7-11)14(15,16)17/h2-4,7,10,18-19H,5-6,8-9H2,1H3. The topological polar surface area (TPSA) is 41.5 Å². The molecule has 1 saturated heterocycles. The maximum Gasteiger partial charge on any atom is 0.416 e. The van der Waals surface area contributed by atoms with Crippen LogP contribution in [0.3, 0.4) is 0 Å². The first-order chi connectivity index (χ1) is 9.31. The van der Waals surface area contributed by atoms with E-state index in [0.29, 0.717) is 25.1 Å². The monoisotopic (exact) mass is 289 g/mol. The number of alkyl halides is 3. The lowest BCUT2D eigenvalue weighted by molar-refractivity contribution is -0.137. The van der Waals surface area contributed by atoms with E-state index in [0.717, 1.165) is 12.1 Å². The molecule has 1 aliphatic heterocycles. The quantitative estimate of drug-likeness (QED) is 0.894. The van der Waals surface area contributed by atoms with Crippen LogP contribution in [0.1, 0.15) is 24.5 Å².